The van der Waals surface area contributed by atoms with Gasteiger partial charge in [0.2, 0.25) is 0 Å². The minimum atomic E-state index is -3.84. The molecule has 0 fully saturated rings. The van der Waals surface area contributed by atoms with Crippen molar-refractivity contribution in [2.45, 2.75) is 4.90 Å². The number of benzene rings is 3. The van der Waals surface area contributed by atoms with Gasteiger partial charge in [0.05, 0.1) is 19.1 Å². The van der Waals surface area contributed by atoms with Gasteiger partial charge in [0.15, 0.2) is 17.3 Å². The highest BCUT2D eigenvalue weighted by Crippen LogP contribution is 2.39. The smallest absolute Gasteiger partial charge is 0.261 e. The van der Waals surface area contributed by atoms with E-state index >= 15 is 0 Å². The van der Waals surface area contributed by atoms with Crippen LogP contribution in [0.4, 0.5) is 5.69 Å². The van der Waals surface area contributed by atoms with Crippen molar-refractivity contribution in [3.63, 3.8) is 0 Å². The Balaban J connectivity index is 1.36. The molecule has 5 aromatic rings. The molecule has 37 heavy (non-hydrogen) atoms. The van der Waals surface area contributed by atoms with E-state index in [1.807, 2.05) is 6.07 Å². The first-order valence-corrected chi connectivity index (χ1v) is 12.6. The molecule has 0 atom stereocenters. The summed E-state index contributed by atoms with van der Waals surface area (Å²) in [6.07, 6.45) is 4.83. The van der Waals surface area contributed by atoms with E-state index in [1.165, 1.54) is 12.1 Å². The average Bonchev–Trinajstić information content (AvgIpc) is 2.94. The fraction of sp³-hybridized carbons (Fsp3) is 0.0741. The minimum absolute atomic E-state index is 0.102. The highest BCUT2D eigenvalue weighted by molar-refractivity contribution is 7.92. The van der Waals surface area contributed by atoms with E-state index in [9.17, 15) is 8.42 Å². The van der Waals surface area contributed by atoms with Crippen molar-refractivity contribution in [2.75, 3.05) is 18.9 Å². The number of hydrogen-bond donors (Lipinski definition) is 1. The summed E-state index contributed by atoms with van der Waals surface area (Å²) >= 11 is 0. The fourth-order valence-electron chi connectivity index (χ4n) is 3.78. The number of anilines is 1. The fourth-order valence-corrected chi connectivity index (χ4v) is 4.88. The van der Waals surface area contributed by atoms with Gasteiger partial charge in [0.1, 0.15) is 17.0 Å². The Labute approximate surface area is 213 Å². The molecule has 9 nitrogen and oxygen atoms in total. The van der Waals surface area contributed by atoms with Crippen LogP contribution in [0.5, 0.6) is 23.0 Å². The number of rotatable bonds is 8. The van der Waals surface area contributed by atoms with Crippen LogP contribution >= 0.6 is 0 Å². The van der Waals surface area contributed by atoms with E-state index in [0.29, 0.717) is 45.6 Å². The minimum Gasteiger partial charge on any atom is -0.493 e. The van der Waals surface area contributed by atoms with E-state index in [0.717, 1.165) is 5.39 Å². The summed E-state index contributed by atoms with van der Waals surface area (Å²) in [5, 5.41) is 0.743. The molecule has 0 saturated heterocycles. The molecular formula is C27H22N4O5S. The summed E-state index contributed by atoms with van der Waals surface area (Å²) in [5.74, 6) is 2.62. The predicted molar refractivity (Wildman–Crippen MR) is 140 cm³/mol. The highest BCUT2D eigenvalue weighted by Gasteiger charge is 2.17. The summed E-state index contributed by atoms with van der Waals surface area (Å²) in [4.78, 5) is 12.9. The molecule has 0 unspecified atom stereocenters. The molecular weight excluding hydrogens is 492 g/mol. The number of pyridine rings is 1. The number of ether oxygens (including phenoxy) is 3. The van der Waals surface area contributed by atoms with Crippen molar-refractivity contribution in [3.8, 4) is 34.4 Å². The molecule has 0 bridgehead atoms. The molecule has 186 valence electrons. The number of nitrogens with zero attached hydrogens (tertiary/aromatic N) is 3. The van der Waals surface area contributed by atoms with Gasteiger partial charge in [0, 0.05) is 35.2 Å². The van der Waals surface area contributed by atoms with Gasteiger partial charge in [-0.25, -0.2) is 18.4 Å². The number of aromatic nitrogens is 3. The van der Waals surface area contributed by atoms with Gasteiger partial charge in [-0.1, -0.05) is 12.1 Å². The molecule has 0 aliphatic rings. The van der Waals surface area contributed by atoms with Gasteiger partial charge in [-0.3, -0.25) is 9.71 Å². The van der Waals surface area contributed by atoms with Crippen molar-refractivity contribution in [2.24, 2.45) is 0 Å². The third-order valence-electron chi connectivity index (χ3n) is 5.52. The molecule has 1 N–H and O–H groups in total. The van der Waals surface area contributed by atoms with Crippen molar-refractivity contribution >= 4 is 26.6 Å². The second-order valence-corrected chi connectivity index (χ2v) is 9.52. The molecule has 0 aliphatic carbocycles. The predicted octanol–water partition coefficient (Wildman–Crippen LogP) is 5.30. The van der Waals surface area contributed by atoms with Crippen LogP contribution in [0, 0.1) is 0 Å². The number of sulfonamides is 1. The Kier molecular flexibility index (Phi) is 6.57. The maximum atomic E-state index is 13.0. The van der Waals surface area contributed by atoms with Gasteiger partial charge in [-0.05, 0) is 60.7 Å². The Hall–Kier alpha value is -4.70. The SMILES string of the molecule is COc1ccc2c(Oc3ccc(NS(=O)(=O)c4cccc(-c5ncccn5)c4)cc3)ccnc2c1OC. The van der Waals surface area contributed by atoms with E-state index in [1.54, 1.807) is 87.4 Å². The molecule has 10 heteroatoms. The largest absolute Gasteiger partial charge is 0.493 e. The topological polar surface area (TPSA) is 113 Å². The van der Waals surface area contributed by atoms with Crippen LogP contribution in [0.15, 0.2) is 96.3 Å². The molecule has 5 rings (SSSR count). The van der Waals surface area contributed by atoms with Crippen LogP contribution in [-0.4, -0.2) is 37.6 Å². The van der Waals surface area contributed by atoms with Crippen LogP contribution in [0.25, 0.3) is 22.3 Å². The first-order valence-electron chi connectivity index (χ1n) is 11.2. The number of hydrogen-bond acceptors (Lipinski definition) is 8. The van der Waals surface area contributed by atoms with E-state index in [4.69, 9.17) is 14.2 Å². The van der Waals surface area contributed by atoms with Crippen LogP contribution in [0.2, 0.25) is 0 Å². The van der Waals surface area contributed by atoms with Gasteiger partial charge < -0.3 is 14.2 Å². The molecule has 2 heterocycles. The molecule has 0 aliphatic heterocycles. The van der Waals surface area contributed by atoms with E-state index in [-0.39, 0.29) is 4.90 Å². The summed E-state index contributed by atoms with van der Waals surface area (Å²) in [5.41, 5.74) is 1.60. The summed E-state index contributed by atoms with van der Waals surface area (Å²) in [6, 6.07) is 20.2. The van der Waals surface area contributed by atoms with Crippen LogP contribution < -0.4 is 18.9 Å². The number of methoxy groups -OCH3 is 2. The highest BCUT2D eigenvalue weighted by atomic mass is 32.2. The Bertz CT molecular complexity index is 1660. The van der Waals surface area contributed by atoms with Gasteiger partial charge in [-0.15, -0.1) is 0 Å². The Morgan fingerprint density at radius 3 is 2.27 bits per heavy atom. The first-order chi connectivity index (χ1) is 18.0. The van der Waals surface area contributed by atoms with Crippen LogP contribution in [-0.2, 0) is 10.0 Å². The normalized spacial score (nSPS) is 11.2. The third kappa shape index (κ3) is 5.00. The van der Waals surface area contributed by atoms with Gasteiger partial charge in [0.25, 0.3) is 10.0 Å². The summed E-state index contributed by atoms with van der Waals surface area (Å²) in [6.45, 7) is 0. The lowest BCUT2D eigenvalue weighted by Gasteiger charge is -2.13. The molecule has 2 aromatic heterocycles. The summed E-state index contributed by atoms with van der Waals surface area (Å²) < 4.78 is 45.5. The van der Waals surface area contributed by atoms with Crippen molar-refractivity contribution in [1.82, 2.24) is 15.0 Å². The second-order valence-electron chi connectivity index (χ2n) is 7.84. The number of fused-ring (bicyclic) bond motifs is 1. The lowest BCUT2D eigenvalue weighted by molar-refractivity contribution is 0.358. The molecule has 0 saturated carbocycles. The van der Waals surface area contributed by atoms with E-state index in [2.05, 4.69) is 19.7 Å². The zero-order chi connectivity index (χ0) is 25.8. The standard InChI is InChI=1S/C27H22N4O5S/c1-34-24-12-11-22-23(13-16-28-25(22)26(24)35-2)36-20-9-7-19(8-10-20)31-37(32,33)21-6-3-5-18(17-21)27-29-14-4-15-30-27/h3-17,31H,1-2H3. The monoisotopic (exact) mass is 514 g/mol. The first kappa shape index (κ1) is 24.0. The zero-order valence-corrected chi connectivity index (χ0v) is 20.8. The zero-order valence-electron chi connectivity index (χ0n) is 20.0. The van der Waals surface area contributed by atoms with Gasteiger partial charge >= 0.3 is 0 Å². The summed E-state index contributed by atoms with van der Waals surface area (Å²) in [7, 11) is -0.722. The lowest BCUT2D eigenvalue weighted by atomic mass is 10.1. The van der Waals surface area contributed by atoms with Gasteiger partial charge in [-0.2, -0.15) is 0 Å². The molecule has 0 radical (unpaired) electrons. The lowest BCUT2D eigenvalue weighted by Crippen LogP contribution is -2.13. The van der Waals surface area contributed by atoms with Crippen molar-refractivity contribution < 1.29 is 22.6 Å². The third-order valence-corrected chi connectivity index (χ3v) is 6.90. The molecule has 3 aromatic carbocycles. The van der Waals surface area contributed by atoms with E-state index < -0.39 is 10.0 Å². The number of nitrogens with one attached hydrogen (secondary N) is 1. The molecule has 0 spiro atoms. The maximum Gasteiger partial charge on any atom is 0.261 e. The van der Waals surface area contributed by atoms with Crippen molar-refractivity contribution in [3.05, 3.63) is 91.4 Å². The Morgan fingerprint density at radius 2 is 1.54 bits per heavy atom. The van der Waals surface area contributed by atoms with Crippen LogP contribution in [0.1, 0.15) is 0 Å². The van der Waals surface area contributed by atoms with Crippen molar-refractivity contribution in [1.29, 1.82) is 0 Å². The second kappa shape index (κ2) is 10.1. The quantitative estimate of drug-likeness (QED) is 0.297. The maximum absolute atomic E-state index is 13.0. The van der Waals surface area contributed by atoms with Crippen LogP contribution in [0.3, 0.4) is 0 Å². The Morgan fingerprint density at radius 1 is 0.757 bits per heavy atom. The average molecular weight is 515 g/mol. The molecule has 0 amide bonds.